The topological polar surface area (TPSA) is 46.9 Å². The van der Waals surface area contributed by atoms with Crippen molar-refractivity contribution in [2.45, 2.75) is 12.1 Å². The molecule has 5 heteroatoms. The number of amides is 1. The van der Waals surface area contributed by atoms with Crippen LogP contribution in [0.1, 0.15) is 5.56 Å². The van der Waals surface area contributed by atoms with Gasteiger partial charge in [0.1, 0.15) is 0 Å². The third-order valence-corrected chi connectivity index (χ3v) is 5.12. The van der Waals surface area contributed by atoms with Crippen molar-refractivity contribution in [3.63, 3.8) is 0 Å². The van der Waals surface area contributed by atoms with Gasteiger partial charge in [0.25, 0.3) is 0 Å². The van der Waals surface area contributed by atoms with Crippen LogP contribution in [0.4, 0.5) is 5.69 Å². The van der Waals surface area contributed by atoms with Crippen LogP contribution >= 0.6 is 11.8 Å². The Morgan fingerprint density at radius 2 is 1.78 bits per heavy atom. The predicted molar refractivity (Wildman–Crippen MR) is 112 cm³/mol. The molecule has 0 spiro atoms. The number of imidazole rings is 1. The lowest BCUT2D eigenvalue weighted by Gasteiger charge is -2.09. The first-order valence-corrected chi connectivity index (χ1v) is 9.71. The summed E-state index contributed by atoms with van der Waals surface area (Å²) in [5, 5.41) is 3.76. The van der Waals surface area contributed by atoms with E-state index in [2.05, 4.69) is 9.88 Å². The SMILES string of the molecule is Cc1cccc(NC(=O)CSc2nc3ccccc3n2-c2ccccc2)c1. The first kappa shape index (κ1) is 17.4. The Kier molecular flexibility index (Phi) is 4.94. The predicted octanol–water partition coefficient (Wildman–Crippen LogP) is 5.06. The van der Waals surface area contributed by atoms with Crippen LogP contribution in [0.3, 0.4) is 0 Å². The molecule has 27 heavy (non-hydrogen) atoms. The fourth-order valence-electron chi connectivity index (χ4n) is 2.98. The number of benzene rings is 3. The zero-order chi connectivity index (χ0) is 18.6. The molecule has 4 nitrogen and oxygen atoms in total. The van der Waals surface area contributed by atoms with Crippen LogP contribution in [0, 0.1) is 6.92 Å². The number of para-hydroxylation sites is 3. The van der Waals surface area contributed by atoms with Crippen LogP contribution in [0.15, 0.2) is 84.0 Å². The minimum Gasteiger partial charge on any atom is -0.325 e. The molecule has 0 saturated carbocycles. The lowest BCUT2D eigenvalue weighted by molar-refractivity contribution is -0.113. The zero-order valence-corrected chi connectivity index (χ0v) is 15.7. The van der Waals surface area contributed by atoms with E-state index in [1.807, 2.05) is 85.8 Å². The van der Waals surface area contributed by atoms with Gasteiger partial charge in [-0.25, -0.2) is 4.98 Å². The maximum absolute atomic E-state index is 12.4. The lowest BCUT2D eigenvalue weighted by atomic mass is 10.2. The van der Waals surface area contributed by atoms with Crippen molar-refractivity contribution in [2.75, 3.05) is 11.1 Å². The number of carbonyl (C=O) groups excluding carboxylic acids is 1. The quantitative estimate of drug-likeness (QED) is 0.497. The van der Waals surface area contributed by atoms with Gasteiger partial charge in [-0.3, -0.25) is 9.36 Å². The van der Waals surface area contributed by atoms with Crippen LogP contribution in [0.2, 0.25) is 0 Å². The Morgan fingerprint density at radius 3 is 2.59 bits per heavy atom. The fourth-order valence-corrected chi connectivity index (χ4v) is 3.81. The van der Waals surface area contributed by atoms with Gasteiger partial charge in [-0.1, -0.05) is 54.2 Å². The number of thioether (sulfide) groups is 1. The van der Waals surface area contributed by atoms with Gasteiger partial charge in [0.15, 0.2) is 5.16 Å². The summed E-state index contributed by atoms with van der Waals surface area (Å²) in [7, 11) is 0. The Labute approximate surface area is 162 Å². The van der Waals surface area contributed by atoms with Gasteiger partial charge in [-0.2, -0.15) is 0 Å². The number of nitrogens with one attached hydrogen (secondary N) is 1. The van der Waals surface area contributed by atoms with E-state index in [0.29, 0.717) is 5.75 Å². The normalized spacial score (nSPS) is 10.9. The molecule has 1 N–H and O–H groups in total. The van der Waals surface area contributed by atoms with E-state index in [0.717, 1.165) is 33.1 Å². The minimum atomic E-state index is -0.0442. The molecule has 0 aliphatic carbocycles. The molecule has 1 heterocycles. The first-order valence-electron chi connectivity index (χ1n) is 8.73. The Balaban J connectivity index is 1.58. The standard InChI is InChI=1S/C22H19N3OS/c1-16-8-7-9-17(14-16)23-21(26)15-27-22-24-19-12-5-6-13-20(19)25(22)18-10-3-2-4-11-18/h2-14H,15H2,1H3,(H,23,26). The first-order chi connectivity index (χ1) is 13.2. The maximum atomic E-state index is 12.4. The molecule has 0 unspecified atom stereocenters. The molecular weight excluding hydrogens is 354 g/mol. The fraction of sp³-hybridized carbons (Fsp3) is 0.0909. The van der Waals surface area contributed by atoms with E-state index in [1.54, 1.807) is 0 Å². The number of anilines is 1. The highest BCUT2D eigenvalue weighted by molar-refractivity contribution is 7.99. The summed E-state index contributed by atoms with van der Waals surface area (Å²) in [6.45, 7) is 2.01. The number of nitrogens with zero attached hydrogens (tertiary/aromatic N) is 2. The van der Waals surface area contributed by atoms with Crippen molar-refractivity contribution >= 4 is 34.4 Å². The number of hydrogen-bond donors (Lipinski definition) is 1. The monoisotopic (exact) mass is 373 g/mol. The molecule has 0 aliphatic rings. The summed E-state index contributed by atoms with van der Waals surface area (Å²) < 4.78 is 2.10. The van der Waals surface area contributed by atoms with Gasteiger partial charge in [0, 0.05) is 11.4 Å². The second-order valence-electron chi connectivity index (χ2n) is 6.26. The second-order valence-corrected chi connectivity index (χ2v) is 7.20. The maximum Gasteiger partial charge on any atom is 0.234 e. The molecule has 4 rings (SSSR count). The lowest BCUT2D eigenvalue weighted by Crippen LogP contribution is -2.14. The third kappa shape index (κ3) is 3.88. The summed E-state index contributed by atoms with van der Waals surface area (Å²) in [6.07, 6.45) is 0. The number of fused-ring (bicyclic) bond motifs is 1. The third-order valence-electron chi connectivity index (χ3n) is 4.18. The van der Waals surface area contributed by atoms with E-state index in [1.165, 1.54) is 11.8 Å². The van der Waals surface area contributed by atoms with Crippen molar-refractivity contribution in [1.82, 2.24) is 9.55 Å². The van der Waals surface area contributed by atoms with E-state index in [9.17, 15) is 4.79 Å². The summed E-state index contributed by atoms with van der Waals surface area (Å²) in [5.41, 5.74) is 4.92. The van der Waals surface area contributed by atoms with Crippen LogP contribution in [-0.2, 0) is 4.79 Å². The minimum absolute atomic E-state index is 0.0442. The summed E-state index contributed by atoms with van der Waals surface area (Å²) >= 11 is 1.44. The summed E-state index contributed by atoms with van der Waals surface area (Å²) in [6, 6.07) is 25.9. The highest BCUT2D eigenvalue weighted by Crippen LogP contribution is 2.28. The summed E-state index contributed by atoms with van der Waals surface area (Å²) in [4.78, 5) is 17.1. The Bertz CT molecular complexity index is 1090. The molecule has 1 aromatic heterocycles. The molecule has 3 aromatic carbocycles. The van der Waals surface area contributed by atoms with Crippen LogP contribution in [0.5, 0.6) is 0 Å². The van der Waals surface area contributed by atoms with Crippen LogP contribution < -0.4 is 5.32 Å². The number of aryl methyl sites for hydroxylation is 1. The highest BCUT2D eigenvalue weighted by atomic mass is 32.2. The molecule has 1 amide bonds. The number of hydrogen-bond acceptors (Lipinski definition) is 3. The van der Waals surface area contributed by atoms with Crippen LogP contribution in [-0.4, -0.2) is 21.2 Å². The average Bonchev–Trinajstić information content (AvgIpc) is 3.05. The van der Waals surface area contributed by atoms with Crippen LogP contribution in [0.25, 0.3) is 16.7 Å². The van der Waals surface area contributed by atoms with Crippen molar-refractivity contribution in [3.8, 4) is 5.69 Å². The molecule has 0 saturated heterocycles. The molecule has 0 fully saturated rings. The van der Waals surface area contributed by atoms with E-state index in [4.69, 9.17) is 4.98 Å². The zero-order valence-electron chi connectivity index (χ0n) is 14.9. The number of rotatable bonds is 5. The molecule has 0 atom stereocenters. The van der Waals surface area contributed by atoms with Gasteiger partial charge in [-0.05, 0) is 48.9 Å². The molecule has 0 radical (unpaired) electrons. The molecule has 0 aliphatic heterocycles. The Hall–Kier alpha value is -3.05. The molecule has 134 valence electrons. The van der Waals surface area contributed by atoms with Crippen molar-refractivity contribution in [2.24, 2.45) is 0 Å². The van der Waals surface area contributed by atoms with Gasteiger partial charge >= 0.3 is 0 Å². The van der Waals surface area contributed by atoms with Gasteiger partial charge < -0.3 is 5.32 Å². The molecular formula is C22H19N3OS. The van der Waals surface area contributed by atoms with Crippen molar-refractivity contribution in [1.29, 1.82) is 0 Å². The Morgan fingerprint density at radius 1 is 1.00 bits per heavy atom. The smallest absolute Gasteiger partial charge is 0.234 e. The number of carbonyl (C=O) groups is 1. The summed E-state index contributed by atoms with van der Waals surface area (Å²) in [5.74, 6) is 0.252. The van der Waals surface area contributed by atoms with E-state index in [-0.39, 0.29) is 5.91 Å². The van der Waals surface area contributed by atoms with E-state index >= 15 is 0 Å². The second kappa shape index (κ2) is 7.68. The molecule has 4 aromatic rings. The van der Waals surface area contributed by atoms with E-state index < -0.39 is 0 Å². The largest absolute Gasteiger partial charge is 0.325 e. The highest BCUT2D eigenvalue weighted by Gasteiger charge is 2.14. The number of aromatic nitrogens is 2. The van der Waals surface area contributed by atoms with Crippen molar-refractivity contribution < 1.29 is 4.79 Å². The van der Waals surface area contributed by atoms with Gasteiger partial charge in [0.05, 0.1) is 16.8 Å². The van der Waals surface area contributed by atoms with Gasteiger partial charge in [0.2, 0.25) is 5.91 Å². The molecule has 0 bridgehead atoms. The van der Waals surface area contributed by atoms with Gasteiger partial charge in [-0.15, -0.1) is 0 Å². The average molecular weight is 373 g/mol. The van der Waals surface area contributed by atoms with Crippen molar-refractivity contribution in [3.05, 3.63) is 84.4 Å².